The molecule has 1 rings (SSSR count). The highest BCUT2D eigenvalue weighted by atomic mass is 35.5. The van der Waals surface area contributed by atoms with E-state index in [0.29, 0.717) is 9.92 Å². The first-order valence-corrected chi connectivity index (χ1v) is 5.96. The maximum absolute atomic E-state index is 13.9. The highest BCUT2D eigenvalue weighted by Crippen LogP contribution is 2.35. The van der Waals surface area contributed by atoms with Gasteiger partial charge in [0.05, 0.1) is 6.61 Å². The Morgan fingerprint density at radius 1 is 1.50 bits per heavy atom. The number of alkyl halides is 1. The van der Waals surface area contributed by atoms with Crippen LogP contribution in [0.1, 0.15) is 13.8 Å². The first kappa shape index (κ1) is 13.3. The van der Waals surface area contributed by atoms with Gasteiger partial charge in [0.25, 0.3) is 5.00 Å². The van der Waals surface area contributed by atoms with Gasteiger partial charge in [0.2, 0.25) is 0 Å². The van der Waals surface area contributed by atoms with Gasteiger partial charge >= 0.3 is 5.97 Å². The number of ether oxygens (including phenoxy) is 1. The SMILES string of the molecule is CCOC(=O)C(C)(F)Sc1ccc(Cl)cc1. The van der Waals surface area contributed by atoms with E-state index in [0.717, 1.165) is 11.8 Å². The Labute approximate surface area is 103 Å². The maximum Gasteiger partial charge on any atom is 0.354 e. The highest BCUT2D eigenvalue weighted by molar-refractivity contribution is 8.01. The van der Waals surface area contributed by atoms with Crippen LogP contribution in [0.2, 0.25) is 5.02 Å². The van der Waals surface area contributed by atoms with Gasteiger partial charge in [-0.3, -0.25) is 0 Å². The van der Waals surface area contributed by atoms with Crippen molar-refractivity contribution in [2.45, 2.75) is 23.7 Å². The van der Waals surface area contributed by atoms with Gasteiger partial charge in [-0.1, -0.05) is 23.4 Å². The van der Waals surface area contributed by atoms with Crippen LogP contribution < -0.4 is 0 Å². The zero-order chi connectivity index (χ0) is 12.2. The minimum absolute atomic E-state index is 0.166. The van der Waals surface area contributed by atoms with Crippen LogP contribution in [0.3, 0.4) is 0 Å². The molecular weight excluding hydrogens is 251 g/mol. The van der Waals surface area contributed by atoms with Crippen LogP contribution in [0.4, 0.5) is 4.39 Å². The number of halogens is 2. The molecule has 0 heterocycles. The van der Waals surface area contributed by atoms with Crippen LogP contribution in [0.15, 0.2) is 29.2 Å². The average Bonchev–Trinajstić information content (AvgIpc) is 2.21. The molecule has 0 spiro atoms. The van der Waals surface area contributed by atoms with E-state index in [-0.39, 0.29) is 6.61 Å². The quantitative estimate of drug-likeness (QED) is 0.612. The van der Waals surface area contributed by atoms with Crippen molar-refractivity contribution in [2.24, 2.45) is 0 Å². The van der Waals surface area contributed by atoms with Crippen LogP contribution >= 0.6 is 23.4 Å². The smallest absolute Gasteiger partial charge is 0.354 e. The van der Waals surface area contributed by atoms with Crippen LogP contribution in [-0.4, -0.2) is 17.6 Å². The Morgan fingerprint density at radius 2 is 2.06 bits per heavy atom. The Hall–Kier alpha value is -0.740. The number of benzene rings is 1. The normalized spacial score (nSPS) is 14.2. The number of carbonyl (C=O) groups excluding carboxylic acids is 1. The lowest BCUT2D eigenvalue weighted by Gasteiger charge is -2.17. The third kappa shape index (κ3) is 3.68. The fourth-order valence-electron chi connectivity index (χ4n) is 1.03. The predicted octanol–water partition coefficient (Wildman–Crippen LogP) is 3.68. The first-order chi connectivity index (χ1) is 7.45. The van der Waals surface area contributed by atoms with Crippen molar-refractivity contribution in [3.8, 4) is 0 Å². The Kier molecular flexibility index (Phi) is 4.62. The molecule has 88 valence electrons. The third-order valence-corrected chi connectivity index (χ3v) is 3.07. The fourth-order valence-corrected chi connectivity index (χ4v) is 2.01. The number of hydrogen-bond acceptors (Lipinski definition) is 3. The lowest BCUT2D eigenvalue weighted by Crippen LogP contribution is -2.28. The maximum atomic E-state index is 13.9. The molecule has 0 amide bonds. The van der Waals surface area contributed by atoms with E-state index in [1.54, 1.807) is 31.2 Å². The summed E-state index contributed by atoms with van der Waals surface area (Å²) in [7, 11) is 0. The predicted molar refractivity (Wildman–Crippen MR) is 63.5 cm³/mol. The van der Waals surface area contributed by atoms with Gasteiger partial charge in [-0.05, 0) is 38.1 Å². The molecule has 5 heteroatoms. The fraction of sp³-hybridized carbons (Fsp3) is 0.364. The number of rotatable bonds is 4. The van der Waals surface area contributed by atoms with Crippen molar-refractivity contribution >= 4 is 29.3 Å². The lowest BCUT2D eigenvalue weighted by molar-refractivity contribution is -0.150. The topological polar surface area (TPSA) is 26.3 Å². The van der Waals surface area contributed by atoms with Crippen molar-refractivity contribution in [1.29, 1.82) is 0 Å². The van der Waals surface area contributed by atoms with E-state index >= 15 is 0 Å². The molecule has 1 aromatic rings. The number of esters is 1. The Morgan fingerprint density at radius 3 is 2.56 bits per heavy atom. The second-order valence-corrected chi connectivity index (χ2v) is 5.07. The van der Waals surface area contributed by atoms with Crippen LogP contribution in [0, 0.1) is 0 Å². The van der Waals surface area contributed by atoms with Gasteiger partial charge in [0.15, 0.2) is 0 Å². The van der Waals surface area contributed by atoms with Crippen LogP contribution in [0.5, 0.6) is 0 Å². The number of thioether (sulfide) groups is 1. The van der Waals surface area contributed by atoms with Crippen LogP contribution in [0.25, 0.3) is 0 Å². The molecule has 1 unspecified atom stereocenters. The number of hydrogen-bond donors (Lipinski definition) is 0. The van der Waals surface area contributed by atoms with E-state index in [1.165, 1.54) is 6.92 Å². The summed E-state index contributed by atoms with van der Waals surface area (Å²) in [5.74, 6) is -0.866. The second-order valence-electron chi connectivity index (χ2n) is 3.19. The molecule has 0 radical (unpaired) electrons. The average molecular weight is 263 g/mol. The van der Waals surface area contributed by atoms with Crippen molar-refractivity contribution < 1.29 is 13.9 Å². The summed E-state index contributed by atoms with van der Waals surface area (Å²) in [4.78, 5) is 11.9. The van der Waals surface area contributed by atoms with E-state index in [9.17, 15) is 9.18 Å². The molecule has 0 aliphatic carbocycles. The standard InChI is InChI=1S/C11H12ClFO2S/c1-3-15-10(14)11(2,13)16-9-6-4-8(12)5-7-9/h4-7H,3H2,1-2H3. The molecule has 16 heavy (non-hydrogen) atoms. The molecule has 0 fully saturated rings. The summed E-state index contributed by atoms with van der Waals surface area (Å²) in [6.07, 6.45) is 0. The summed E-state index contributed by atoms with van der Waals surface area (Å²) < 4.78 is 18.6. The molecular formula is C11H12ClFO2S. The summed E-state index contributed by atoms with van der Waals surface area (Å²) in [6, 6.07) is 6.60. The van der Waals surface area contributed by atoms with Crippen molar-refractivity contribution in [2.75, 3.05) is 6.61 Å². The minimum atomic E-state index is -2.08. The zero-order valence-electron chi connectivity index (χ0n) is 9.00. The van der Waals surface area contributed by atoms with Gasteiger partial charge in [0, 0.05) is 9.92 Å². The van der Waals surface area contributed by atoms with E-state index in [4.69, 9.17) is 11.6 Å². The van der Waals surface area contributed by atoms with E-state index < -0.39 is 11.0 Å². The molecule has 0 saturated carbocycles. The summed E-state index contributed by atoms with van der Waals surface area (Å²) in [5, 5.41) is -1.51. The first-order valence-electron chi connectivity index (χ1n) is 4.76. The third-order valence-electron chi connectivity index (χ3n) is 1.76. The van der Waals surface area contributed by atoms with Gasteiger partial charge in [-0.2, -0.15) is 0 Å². The lowest BCUT2D eigenvalue weighted by atomic mass is 10.4. The number of carbonyl (C=O) groups is 1. The highest BCUT2D eigenvalue weighted by Gasteiger charge is 2.35. The van der Waals surface area contributed by atoms with Gasteiger partial charge < -0.3 is 4.74 Å². The molecule has 0 aliphatic rings. The summed E-state index contributed by atoms with van der Waals surface area (Å²) in [5.41, 5.74) is 0. The molecule has 0 bridgehead atoms. The van der Waals surface area contributed by atoms with Gasteiger partial charge in [-0.15, -0.1) is 0 Å². The Balaban J connectivity index is 2.72. The largest absolute Gasteiger partial charge is 0.463 e. The molecule has 0 aliphatic heterocycles. The monoisotopic (exact) mass is 262 g/mol. The van der Waals surface area contributed by atoms with Gasteiger partial charge in [0.1, 0.15) is 0 Å². The molecule has 0 N–H and O–H groups in total. The van der Waals surface area contributed by atoms with Crippen molar-refractivity contribution in [1.82, 2.24) is 0 Å². The minimum Gasteiger partial charge on any atom is -0.463 e. The second kappa shape index (κ2) is 5.55. The molecule has 1 aromatic carbocycles. The molecule has 0 saturated heterocycles. The van der Waals surface area contributed by atoms with Gasteiger partial charge in [-0.25, -0.2) is 9.18 Å². The Bertz CT molecular complexity index is 365. The molecule has 2 nitrogen and oxygen atoms in total. The molecule has 1 atom stereocenters. The van der Waals surface area contributed by atoms with Crippen LogP contribution in [-0.2, 0) is 9.53 Å². The van der Waals surface area contributed by atoms with E-state index in [1.807, 2.05) is 0 Å². The summed E-state index contributed by atoms with van der Waals surface area (Å²) in [6.45, 7) is 2.99. The van der Waals surface area contributed by atoms with Crippen molar-refractivity contribution in [3.63, 3.8) is 0 Å². The summed E-state index contributed by atoms with van der Waals surface area (Å²) >= 11 is 6.50. The van der Waals surface area contributed by atoms with E-state index in [2.05, 4.69) is 4.74 Å². The molecule has 0 aromatic heterocycles. The zero-order valence-corrected chi connectivity index (χ0v) is 10.6. The van der Waals surface area contributed by atoms with Crippen molar-refractivity contribution in [3.05, 3.63) is 29.3 Å².